The summed E-state index contributed by atoms with van der Waals surface area (Å²) >= 11 is 12.3. The third kappa shape index (κ3) is 4.02. The smallest absolute Gasteiger partial charge is 0.158 e. The molecule has 0 saturated carbocycles. The van der Waals surface area contributed by atoms with E-state index in [-0.39, 0.29) is 6.10 Å². The van der Waals surface area contributed by atoms with Gasteiger partial charge >= 0.3 is 0 Å². The molecule has 1 aliphatic rings. The second-order valence-corrected chi connectivity index (χ2v) is 7.51. The number of aliphatic imine (C=N–C) groups is 1. The number of benzene rings is 2. The molecule has 0 N–H and O–H groups in total. The summed E-state index contributed by atoms with van der Waals surface area (Å²) in [5.41, 5.74) is 6.01. The van der Waals surface area contributed by atoms with Crippen molar-refractivity contribution in [1.29, 1.82) is 0 Å². The van der Waals surface area contributed by atoms with Crippen molar-refractivity contribution in [2.45, 2.75) is 26.4 Å². The van der Waals surface area contributed by atoms with Gasteiger partial charge in [0.15, 0.2) is 6.10 Å². The summed E-state index contributed by atoms with van der Waals surface area (Å²) in [6.45, 7) is 4.12. The number of aryl methyl sites for hydroxylation is 2. The molecule has 1 aliphatic heterocycles. The van der Waals surface area contributed by atoms with Crippen molar-refractivity contribution < 1.29 is 4.84 Å². The topological polar surface area (TPSA) is 37.2 Å². The third-order valence-electron chi connectivity index (χ3n) is 4.27. The van der Waals surface area contributed by atoms with E-state index < -0.39 is 0 Å². The van der Waals surface area contributed by atoms with Crippen LogP contribution < -0.4 is 0 Å². The average molecular weight is 390 g/mol. The Hall–Kier alpha value is -2.04. The molecule has 0 bridgehead atoms. The molecule has 0 amide bonds. The number of rotatable bonds is 4. The van der Waals surface area contributed by atoms with Gasteiger partial charge in [-0.2, -0.15) is 0 Å². The van der Waals surface area contributed by atoms with Crippen LogP contribution in [0.15, 0.2) is 40.5 Å². The number of hydrogen-bond donors (Lipinski definition) is 0. The van der Waals surface area contributed by atoms with Crippen molar-refractivity contribution in [2.75, 3.05) is 14.1 Å². The van der Waals surface area contributed by atoms with E-state index in [4.69, 9.17) is 28.0 Å². The van der Waals surface area contributed by atoms with Gasteiger partial charge < -0.3 is 9.74 Å². The Kier molecular flexibility index (Phi) is 5.54. The summed E-state index contributed by atoms with van der Waals surface area (Å²) in [4.78, 5) is 12.1. The van der Waals surface area contributed by atoms with Gasteiger partial charge in [0, 0.05) is 31.1 Å². The summed E-state index contributed by atoms with van der Waals surface area (Å²) in [7, 11) is 3.90. The Morgan fingerprint density at radius 1 is 1.15 bits per heavy atom. The first-order valence-electron chi connectivity index (χ1n) is 8.35. The van der Waals surface area contributed by atoms with Crippen LogP contribution in [-0.4, -0.2) is 31.0 Å². The Bertz CT molecular complexity index is 891. The fourth-order valence-corrected chi connectivity index (χ4v) is 3.43. The third-order valence-corrected chi connectivity index (χ3v) is 4.82. The highest BCUT2D eigenvalue weighted by atomic mass is 35.5. The summed E-state index contributed by atoms with van der Waals surface area (Å²) in [5, 5.41) is 5.45. The molecule has 0 spiro atoms. The van der Waals surface area contributed by atoms with Crippen molar-refractivity contribution in [3.8, 4) is 0 Å². The first-order valence-corrected chi connectivity index (χ1v) is 9.10. The highest BCUT2D eigenvalue weighted by molar-refractivity contribution is 6.37. The first-order chi connectivity index (χ1) is 12.3. The van der Waals surface area contributed by atoms with Gasteiger partial charge in [0.2, 0.25) is 0 Å². The highest BCUT2D eigenvalue weighted by Crippen LogP contribution is 2.36. The summed E-state index contributed by atoms with van der Waals surface area (Å²) < 4.78 is 0. The Balaban J connectivity index is 1.82. The number of hydrogen-bond acceptors (Lipinski definition) is 3. The van der Waals surface area contributed by atoms with Gasteiger partial charge in [-0.25, -0.2) is 4.99 Å². The minimum absolute atomic E-state index is 0.123. The van der Waals surface area contributed by atoms with Crippen molar-refractivity contribution in [3.05, 3.63) is 62.6 Å². The maximum atomic E-state index is 6.30. The van der Waals surface area contributed by atoms with Gasteiger partial charge in [-0.15, -0.1) is 0 Å². The molecule has 4 nitrogen and oxygen atoms in total. The second-order valence-electron chi connectivity index (χ2n) is 6.66. The Morgan fingerprint density at radius 2 is 1.92 bits per heavy atom. The van der Waals surface area contributed by atoms with E-state index in [1.807, 2.05) is 31.1 Å². The number of halogens is 2. The lowest BCUT2D eigenvalue weighted by molar-refractivity contribution is 0.0852. The zero-order valence-electron chi connectivity index (χ0n) is 15.3. The average Bonchev–Trinajstić information content (AvgIpc) is 3.04. The van der Waals surface area contributed by atoms with Crippen LogP contribution in [0.3, 0.4) is 0 Å². The molecule has 0 radical (unpaired) electrons. The quantitative estimate of drug-likeness (QED) is 0.496. The van der Waals surface area contributed by atoms with Crippen LogP contribution in [0.25, 0.3) is 0 Å². The standard InChI is InChI=1S/C20H21Cl2N3O/c1-12-8-18(23-11-25(3)4)13(2)7-16(12)20-10-19(24-26-20)15-6-5-14(21)9-17(15)22/h5-9,11,20H,10H2,1-4H3/b23-11-. The van der Waals surface area contributed by atoms with Gasteiger partial charge in [-0.1, -0.05) is 34.4 Å². The highest BCUT2D eigenvalue weighted by Gasteiger charge is 2.27. The number of nitrogens with zero attached hydrogens (tertiary/aromatic N) is 3. The second kappa shape index (κ2) is 7.68. The first kappa shape index (κ1) is 18.7. The van der Waals surface area contributed by atoms with Gasteiger partial charge in [0.25, 0.3) is 0 Å². The molecule has 2 aromatic carbocycles. The lowest BCUT2D eigenvalue weighted by atomic mass is 9.95. The molecule has 26 heavy (non-hydrogen) atoms. The Morgan fingerprint density at radius 3 is 2.62 bits per heavy atom. The zero-order chi connectivity index (χ0) is 18.8. The van der Waals surface area contributed by atoms with Crippen LogP contribution in [0.4, 0.5) is 5.69 Å². The maximum absolute atomic E-state index is 6.30. The lowest BCUT2D eigenvalue weighted by Gasteiger charge is -2.14. The molecular formula is C20H21Cl2N3O. The molecule has 0 aliphatic carbocycles. The van der Waals surface area contributed by atoms with Crippen LogP contribution >= 0.6 is 23.2 Å². The summed E-state index contributed by atoms with van der Waals surface area (Å²) in [5.74, 6) is 0. The number of oxime groups is 1. The molecule has 3 rings (SSSR count). The molecule has 136 valence electrons. The van der Waals surface area contributed by atoms with E-state index in [0.29, 0.717) is 16.5 Å². The SMILES string of the molecule is Cc1cc(C2CC(c3ccc(Cl)cc3Cl)=NO2)c(C)cc1/N=C\N(C)C. The van der Waals surface area contributed by atoms with E-state index in [1.165, 1.54) is 0 Å². The Labute approximate surface area is 164 Å². The van der Waals surface area contributed by atoms with Gasteiger partial charge in [0.05, 0.1) is 22.8 Å². The normalized spacial score (nSPS) is 16.7. The van der Waals surface area contributed by atoms with Crippen molar-refractivity contribution >= 4 is 40.9 Å². The summed E-state index contributed by atoms with van der Waals surface area (Å²) in [6.07, 6.45) is 2.35. The molecular weight excluding hydrogens is 369 g/mol. The van der Waals surface area contributed by atoms with Gasteiger partial charge in [-0.3, -0.25) is 0 Å². The molecule has 1 atom stereocenters. The fraction of sp³-hybridized carbons (Fsp3) is 0.300. The molecule has 1 unspecified atom stereocenters. The van der Waals surface area contributed by atoms with E-state index >= 15 is 0 Å². The van der Waals surface area contributed by atoms with Crippen LogP contribution in [0, 0.1) is 13.8 Å². The van der Waals surface area contributed by atoms with Crippen molar-refractivity contribution in [3.63, 3.8) is 0 Å². The van der Waals surface area contributed by atoms with Crippen molar-refractivity contribution in [2.24, 2.45) is 10.1 Å². The molecule has 1 heterocycles. The van der Waals surface area contributed by atoms with E-state index in [2.05, 4.69) is 36.1 Å². The fourth-order valence-electron chi connectivity index (χ4n) is 2.91. The minimum Gasteiger partial charge on any atom is -0.387 e. The van der Waals surface area contributed by atoms with Crippen LogP contribution in [0.2, 0.25) is 10.0 Å². The van der Waals surface area contributed by atoms with E-state index in [1.54, 1.807) is 12.4 Å². The zero-order valence-corrected chi connectivity index (χ0v) is 16.8. The molecule has 0 saturated heterocycles. The molecule has 2 aromatic rings. The summed E-state index contributed by atoms with van der Waals surface area (Å²) in [6, 6.07) is 9.63. The van der Waals surface area contributed by atoms with E-state index in [9.17, 15) is 0 Å². The van der Waals surface area contributed by atoms with Gasteiger partial charge in [0.1, 0.15) is 0 Å². The van der Waals surface area contributed by atoms with Crippen LogP contribution in [0.1, 0.15) is 34.8 Å². The van der Waals surface area contributed by atoms with Gasteiger partial charge in [-0.05, 0) is 54.8 Å². The van der Waals surface area contributed by atoms with Crippen molar-refractivity contribution in [1.82, 2.24) is 4.90 Å². The molecule has 0 fully saturated rings. The van der Waals surface area contributed by atoms with E-state index in [0.717, 1.165) is 33.7 Å². The minimum atomic E-state index is -0.123. The predicted molar refractivity (Wildman–Crippen MR) is 109 cm³/mol. The monoisotopic (exact) mass is 389 g/mol. The molecule has 0 aromatic heterocycles. The molecule has 6 heteroatoms. The van der Waals surface area contributed by atoms with Crippen LogP contribution in [0.5, 0.6) is 0 Å². The predicted octanol–water partition coefficient (Wildman–Crippen LogP) is 5.70. The largest absolute Gasteiger partial charge is 0.387 e. The maximum Gasteiger partial charge on any atom is 0.158 e. The lowest BCUT2D eigenvalue weighted by Crippen LogP contribution is -2.07. The van der Waals surface area contributed by atoms with Crippen LogP contribution in [-0.2, 0) is 4.84 Å².